The first-order valence-corrected chi connectivity index (χ1v) is 10.8. The Bertz CT molecular complexity index is 806. The number of halogens is 1. The van der Waals surface area contributed by atoms with Gasteiger partial charge in [-0.3, -0.25) is 9.59 Å². The van der Waals surface area contributed by atoms with Gasteiger partial charge in [0, 0.05) is 42.7 Å². The first-order valence-electron chi connectivity index (χ1n) is 8.57. The molecule has 2 saturated heterocycles. The number of sulfonamides is 1. The lowest BCUT2D eigenvalue weighted by Gasteiger charge is -2.39. The van der Waals surface area contributed by atoms with E-state index in [1.165, 1.54) is 10.6 Å². The van der Waals surface area contributed by atoms with E-state index in [0.717, 1.165) is 0 Å². The molecular weight excluding hydrogens is 378 g/mol. The lowest BCUT2D eigenvalue weighted by molar-refractivity contribution is -0.147. The predicted molar refractivity (Wildman–Crippen MR) is 98.1 cm³/mol. The normalized spacial score (nSPS) is 22.9. The van der Waals surface area contributed by atoms with Crippen molar-refractivity contribution in [2.75, 3.05) is 32.4 Å². The van der Waals surface area contributed by atoms with Crippen LogP contribution >= 0.6 is 11.6 Å². The van der Waals surface area contributed by atoms with Crippen molar-refractivity contribution in [1.82, 2.24) is 14.5 Å². The van der Waals surface area contributed by atoms with Crippen LogP contribution in [0.4, 0.5) is 0 Å². The quantitative estimate of drug-likeness (QED) is 0.821. The highest BCUT2D eigenvalue weighted by Gasteiger charge is 2.39. The summed E-state index contributed by atoms with van der Waals surface area (Å²) in [6, 6.07) is 6.27. The summed E-state index contributed by atoms with van der Waals surface area (Å²) in [7, 11) is -3.24. The monoisotopic (exact) mass is 399 g/mol. The minimum atomic E-state index is -3.24. The highest BCUT2D eigenvalue weighted by molar-refractivity contribution is 7.88. The van der Waals surface area contributed by atoms with Crippen LogP contribution < -0.4 is 5.32 Å². The van der Waals surface area contributed by atoms with Crippen molar-refractivity contribution in [3.8, 4) is 0 Å². The maximum Gasteiger partial charge on any atom is 0.247 e. The van der Waals surface area contributed by atoms with E-state index >= 15 is 0 Å². The van der Waals surface area contributed by atoms with E-state index in [-0.39, 0.29) is 17.7 Å². The molecule has 0 aromatic heterocycles. The molecule has 1 aromatic carbocycles. The smallest absolute Gasteiger partial charge is 0.247 e. The summed E-state index contributed by atoms with van der Waals surface area (Å²) in [5, 5.41) is 3.24. The third-order valence-electron chi connectivity index (χ3n) is 4.97. The summed E-state index contributed by atoms with van der Waals surface area (Å²) in [5.74, 6) is -0.645. The fourth-order valence-corrected chi connectivity index (χ4v) is 4.69. The Hall–Kier alpha value is -1.64. The molecule has 3 rings (SSSR count). The molecule has 2 amide bonds. The predicted octanol–water partition coefficient (Wildman–Crippen LogP) is 1.01. The van der Waals surface area contributed by atoms with Gasteiger partial charge < -0.3 is 10.2 Å². The van der Waals surface area contributed by atoms with Gasteiger partial charge in [0.25, 0.3) is 0 Å². The third-order valence-corrected chi connectivity index (χ3v) is 6.61. The number of carbonyl (C=O) groups excluding carboxylic acids is 2. The molecule has 2 aliphatic rings. The van der Waals surface area contributed by atoms with Crippen molar-refractivity contribution in [2.45, 2.75) is 18.9 Å². The van der Waals surface area contributed by atoms with E-state index in [9.17, 15) is 18.0 Å². The van der Waals surface area contributed by atoms with Crippen LogP contribution in [0.25, 0.3) is 0 Å². The third kappa shape index (κ3) is 3.87. The summed E-state index contributed by atoms with van der Waals surface area (Å²) >= 11 is 6.26. The van der Waals surface area contributed by atoms with Crippen molar-refractivity contribution in [2.24, 2.45) is 5.92 Å². The van der Waals surface area contributed by atoms with Crippen molar-refractivity contribution < 1.29 is 18.0 Å². The van der Waals surface area contributed by atoms with E-state index in [4.69, 9.17) is 11.6 Å². The zero-order valence-electron chi connectivity index (χ0n) is 14.5. The fraction of sp³-hybridized carbons (Fsp3) is 0.529. The van der Waals surface area contributed by atoms with E-state index < -0.39 is 16.1 Å². The van der Waals surface area contributed by atoms with E-state index in [1.54, 1.807) is 29.2 Å². The second-order valence-corrected chi connectivity index (χ2v) is 9.07. The molecular formula is C17H22ClN3O4S. The summed E-state index contributed by atoms with van der Waals surface area (Å²) in [4.78, 5) is 27.1. The Morgan fingerprint density at radius 3 is 2.46 bits per heavy atom. The fourth-order valence-electron chi connectivity index (χ4n) is 3.58. The lowest BCUT2D eigenvalue weighted by atomic mass is 9.93. The first kappa shape index (κ1) is 19.1. The topological polar surface area (TPSA) is 86.8 Å². The number of hydrogen-bond donors (Lipinski definition) is 1. The Balaban J connectivity index is 1.79. The van der Waals surface area contributed by atoms with Gasteiger partial charge in [-0.15, -0.1) is 0 Å². The van der Waals surface area contributed by atoms with Crippen LogP contribution in [0.5, 0.6) is 0 Å². The minimum absolute atomic E-state index is 0.113. The number of nitrogens with zero attached hydrogens (tertiary/aromatic N) is 2. The molecule has 2 aliphatic heterocycles. The van der Waals surface area contributed by atoms with Crippen LogP contribution in [-0.4, -0.2) is 61.9 Å². The largest absolute Gasteiger partial charge is 0.352 e. The number of carbonyl (C=O) groups is 2. The van der Waals surface area contributed by atoms with Crippen molar-refractivity contribution in [1.29, 1.82) is 0 Å². The molecule has 0 saturated carbocycles. The second kappa shape index (κ2) is 7.54. The molecule has 0 bridgehead atoms. The summed E-state index contributed by atoms with van der Waals surface area (Å²) < 4.78 is 24.7. The Labute approximate surface area is 158 Å². The van der Waals surface area contributed by atoms with Gasteiger partial charge in [0.05, 0.1) is 6.26 Å². The lowest BCUT2D eigenvalue weighted by Crippen LogP contribution is -2.54. The van der Waals surface area contributed by atoms with Crippen LogP contribution in [0, 0.1) is 5.92 Å². The van der Waals surface area contributed by atoms with Gasteiger partial charge in [-0.25, -0.2) is 12.7 Å². The van der Waals surface area contributed by atoms with Gasteiger partial charge in [-0.2, -0.15) is 0 Å². The Morgan fingerprint density at radius 2 is 1.85 bits per heavy atom. The second-order valence-electron chi connectivity index (χ2n) is 6.68. The molecule has 1 unspecified atom stereocenters. The zero-order valence-corrected chi connectivity index (χ0v) is 16.1. The maximum atomic E-state index is 13.1. The van der Waals surface area contributed by atoms with Crippen molar-refractivity contribution in [3.05, 3.63) is 34.9 Å². The molecule has 9 heteroatoms. The van der Waals surface area contributed by atoms with Crippen LogP contribution in [0.2, 0.25) is 5.02 Å². The summed E-state index contributed by atoms with van der Waals surface area (Å²) in [5.41, 5.74) is 0.605. The van der Waals surface area contributed by atoms with Crippen LogP contribution in [0.3, 0.4) is 0 Å². The van der Waals surface area contributed by atoms with Crippen molar-refractivity contribution >= 4 is 33.4 Å². The van der Waals surface area contributed by atoms with Crippen LogP contribution in [0.15, 0.2) is 24.3 Å². The number of piperazine rings is 1. The molecule has 1 atom stereocenters. The van der Waals surface area contributed by atoms with Gasteiger partial charge in [-0.05, 0) is 18.9 Å². The molecule has 0 spiro atoms. The molecule has 0 radical (unpaired) electrons. The van der Waals surface area contributed by atoms with Gasteiger partial charge >= 0.3 is 0 Å². The van der Waals surface area contributed by atoms with Crippen LogP contribution in [0.1, 0.15) is 24.4 Å². The number of benzene rings is 1. The van der Waals surface area contributed by atoms with Gasteiger partial charge in [0.1, 0.15) is 6.04 Å². The molecule has 26 heavy (non-hydrogen) atoms. The summed E-state index contributed by atoms with van der Waals surface area (Å²) in [6.45, 7) is 1.46. The molecule has 7 nitrogen and oxygen atoms in total. The molecule has 142 valence electrons. The van der Waals surface area contributed by atoms with Gasteiger partial charge in [-0.1, -0.05) is 29.8 Å². The van der Waals surface area contributed by atoms with E-state index in [1.807, 2.05) is 0 Å². The number of hydrogen-bond acceptors (Lipinski definition) is 4. The Kier molecular flexibility index (Phi) is 5.55. The van der Waals surface area contributed by atoms with Crippen LogP contribution in [-0.2, 0) is 19.6 Å². The molecule has 1 N–H and O–H groups in total. The Morgan fingerprint density at radius 1 is 1.19 bits per heavy atom. The highest BCUT2D eigenvalue weighted by atomic mass is 35.5. The van der Waals surface area contributed by atoms with Gasteiger partial charge in [0.15, 0.2) is 0 Å². The van der Waals surface area contributed by atoms with Crippen molar-refractivity contribution in [3.63, 3.8) is 0 Å². The average Bonchev–Trinajstić information content (AvgIpc) is 2.61. The number of rotatable bonds is 3. The molecule has 2 heterocycles. The molecule has 0 aliphatic carbocycles. The first-order chi connectivity index (χ1) is 12.3. The maximum absolute atomic E-state index is 13.1. The summed E-state index contributed by atoms with van der Waals surface area (Å²) in [6.07, 6.45) is 2.09. The molecule has 1 aromatic rings. The SMILES string of the molecule is CS(=O)(=O)N1CCC(C(=O)N2CCNC(=O)C2c2ccccc2Cl)CC1. The number of nitrogens with one attached hydrogen (secondary N) is 1. The number of amides is 2. The zero-order chi connectivity index (χ0) is 18.9. The number of piperidine rings is 1. The van der Waals surface area contributed by atoms with Gasteiger partial charge in [0.2, 0.25) is 21.8 Å². The average molecular weight is 400 g/mol. The standard InChI is InChI=1S/C17H22ClN3O4S/c1-26(24,25)20-9-6-12(7-10-20)17(23)21-11-8-19-16(22)15(21)13-4-2-3-5-14(13)18/h2-5,12,15H,6-11H2,1H3,(H,19,22). The minimum Gasteiger partial charge on any atom is -0.352 e. The van der Waals surface area contributed by atoms with E-state index in [2.05, 4.69) is 5.32 Å². The van der Waals surface area contributed by atoms with E-state index in [0.29, 0.717) is 49.6 Å². The highest BCUT2D eigenvalue weighted by Crippen LogP contribution is 2.32. The molecule has 2 fully saturated rings.